The smallest absolute Gasteiger partial charge is 0.254 e. The van der Waals surface area contributed by atoms with Gasteiger partial charge in [0, 0.05) is 36.8 Å². The van der Waals surface area contributed by atoms with Gasteiger partial charge in [-0.05, 0) is 18.2 Å². The van der Waals surface area contributed by atoms with Crippen LogP contribution < -0.4 is 5.73 Å². The Morgan fingerprint density at radius 1 is 1.16 bits per heavy atom. The van der Waals surface area contributed by atoms with Crippen LogP contribution in [-0.4, -0.2) is 54.3 Å². The van der Waals surface area contributed by atoms with Gasteiger partial charge in [-0.2, -0.15) is 0 Å². The molecule has 102 valence electrons. The third-order valence-corrected chi connectivity index (χ3v) is 3.40. The topological polar surface area (TPSA) is 66.6 Å². The van der Waals surface area contributed by atoms with E-state index in [0.29, 0.717) is 36.8 Å². The number of carbonyl (C=O) groups is 2. The second-order valence-electron chi connectivity index (χ2n) is 4.39. The molecule has 1 fully saturated rings. The lowest BCUT2D eigenvalue weighted by atomic mass is 10.2. The monoisotopic (exact) mass is 281 g/mol. The molecule has 1 aliphatic heterocycles. The summed E-state index contributed by atoms with van der Waals surface area (Å²) in [4.78, 5) is 27.1. The molecule has 1 aromatic carbocycles. The zero-order chi connectivity index (χ0) is 13.8. The minimum Gasteiger partial charge on any atom is -0.338 e. The molecule has 2 N–H and O–H groups in total. The molecule has 0 radical (unpaired) electrons. The van der Waals surface area contributed by atoms with E-state index in [9.17, 15) is 9.59 Å². The normalized spacial score (nSPS) is 15.5. The fraction of sp³-hybridized carbons (Fsp3) is 0.385. The maximum Gasteiger partial charge on any atom is 0.254 e. The Kier molecular flexibility index (Phi) is 4.39. The SMILES string of the molecule is NCC(=O)N1CCN(C(=O)c2cccc(Cl)c2)CC1. The first-order chi connectivity index (χ1) is 9.11. The first kappa shape index (κ1) is 13.8. The highest BCUT2D eigenvalue weighted by molar-refractivity contribution is 6.30. The van der Waals surface area contributed by atoms with Gasteiger partial charge < -0.3 is 15.5 Å². The number of nitrogens with two attached hydrogens (primary N) is 1. The molecular weight excluding hydrogens is 266 g/mol. The van der Waals surface area contributed by atoms with Crippen molar-refractivity contribution in [2.45, 2.75) is 0 Å². The summed E-state index contributed by atoms with van der Waals surface area (Å²) in [6.07, 6.45) is 0. The number of hydrogen-bond acceptors (Lipinski definition) is 3. The van der Waals surface area contributed by atoms with Crippen molar-refractivity contribution in [1.82, 2.24) is 9.80 Å². The number of carbonyl (C=O) groups excluding carboxylic acids is 2. The number of benzene rings is 1. The molecule has 1 aromatic rings. The highest BCUT2D eigenvalue weighted by atomic mass is 35.5. The molecule has 19 heavy (non-hydrogen) atoms. The molecule has 0 aliphatic carbocycles. The van der Waals surface area contributed by atoms with Crippen molar-refractivity contribution < 1.29 is 9.59 Å². The summed E-state index contributed by atoms with van der Waals surface area (Å²) in [7, 11) is 0. The minimum atomic E-state index is -0.0742. The summed E-state index contributed by atoms with van der Waals surface area (Å²) in [5.74, 6) is -0.128. The molecular formula is C13H16ClN3O2. The maximum atomic E-state index is 12.2. The summed E-state index contributed by atoms with van der Waals surface area (Å²) in [6.45, 7) is 2.13. The summed E-state index contributed by atoms with van der Waals surface area (Å²) in [5, 5.41) is 0.544. The number of hydrogen-bond donors (Lipinski definition) is 1. The Balaban J connectivity index is 1.98. The first-order valence-corrected chi connectivity index (χ1v) is 6.52. The highest BCUT2D eigenvalue weighted by Gasteiger charge is 2.24. The van der Waals surface area contributed by atoms with E-state index in [1.165, 1.54) is 0 Å². The van der Waals surface area contributed by atoms with Crippen LogP contribution in [-0.2, 0) is 4.79 Å². The number of piperazine rings is 1. The van der Waals surface area contributed by atoms with Gasteiger partial charge >= 0.3 is 0 Å². The van der Waals surface area contributed by atoms with Gasteiger partial charge in [0.05, 0.1) is 6.54 Å². The summed E-state index contributed by atoms with van der Waals surface area (Å²) < 4.78 is 0. The van der Waals surface area contributed by atoms with Gasteiger partial charge in [0.15, 0.2) is 0 Å². The molecule has 1 saturated heterocycles. The van der Waals surface area contributed by atoms with Crippen molar-refractivity contribution in [1.29, 1.82) is 0 Å². The highest BCUT2D eigenvalue weighted by Crippen LogP contribution is 2.14. The fourth-order valence-corrected chi connectivity index (χ4v) is 2.28. The van der Waals surface area contributed by atoms with E-state index >= 15 is 0 Å². The van der Waals surface area contributed by atoms with Crippen molar-refractivity contribution in [3.63, 3.8) is 0 Å². The predicted molar refractivity (Wildman–Crippen MR) is 73.0 cm³/mol. The minimum absolute atomic E-state index is 0.0161. The molecule has 6 heteroatoms. The zero-order valence-electron chi connectivity index (χ0n) is 10.5. The van der Waals surface area contributed by atoms with Crippen molar-refractivity contribution in [3.8, 4) is 0 Å². The number of amides is 2. The Morgan fingerprint density at radius 2 is 1.79 bits per heavy atom. The van der Waals surface area contributed by atoms with Crippen LogP contribution in [0.4, 0.5) is 0 Å². The van der Waals surface area contributed by atoms with Crippen LogP contribution in [0.5, 0.6) is 0 Å². The third kappa shape index (κ3) is 3.24. The fourth-order valence-electron chi connectivity index (χ4n) is 2.09. The average Bonchev–Trinajstić information content (AvgIpc) is 2.46. The van der Waals surface area contributed by atoms with Crippen molar-refractivity contribution >= 4 is 23.4 Å². The van der Waals surface area contributed by atoms with Crippen molar-refractivity contribution in [2.24, 2.45) is 5.73 Å². The van der Waals surface area contributed by atoms with Gasteiger partial charge in [0.25, 0.3) is 5.91 Å². The summed E-state index contributed by atoms with van der Waals surface area (Å²) >= 11 is 5.87. The molecule has 5 nitrogen and oxygen atoms in total. The van der Waals surface area contributed by atoms with E-state index in [1.54, 1.807) is 34.1 Å². The van der Waals surface area contributed by atoms with Crippen molar-refractivity contribution in [3.05, 3.63) is 34.9 Å². The molecule has 2 amide bonds. The van der Waals surface area contributed by atoms with Gasteiger partial charge in [-0.1, -0.05) is 17.7 Å². The van der Waals surface area contributed by atoms with E-state index in [2.05, 4.69) is 0 Å². The third-order valence-electron chi connectivity index (χ3n) is 3.17. The molecule has 0 aromatic heterocycles. The lowest BCUT2D eigenvalue weighted by molar-refractivity contribution is -0.131. The van der Waals surface area contributed by atoms with E-state index in [-0.39, 0.29) is 18.4 Å². The Morgan fingerprint density at radius 3 is 2.37 bits per heavy atom. The van der Waals surface area contributed by atoms with Gasteiger partial charge in [-0.15, -0.1) is 0 Å². The predicted octanol–water partition coefficient (Wildman–Crippen LogP) is 0.583. The second kappa shape index (κ2) is 6.04. The molecule has 0 atom stereocenters. The molecule has 0 bridgehead atoms. The number of nitrogens with zero attached hydrogens (tertiary/aromatic N) is 2. The summed E-state index contributed by atoms with van der Waals surface area (Å²) in [5.41, 5.74) is 5.89. The zero-order valence-corrected chi connectivity index (χ0v) is 11.3. The van der Waals surface area contributed by atoms with Gasteiger partial charge in [0.2, 0.25) is 5.91 Å². The summed E-state index contributed by atoms with van der Waals surface area (Å²) in [6, 6.07) is 6.88. The van der Waals surface area contributed by atoms with Gasteiger partial charge in [0.1, 0.15) is 0 Å². The standard InChI is InChI=1S/C13H16ClN3O2/c14-11-3-1-2-10(8-11)13(19)17-6-4-16(5-7-17)12(18)9-15/h1-3,8H,4-7,9,15H2. The molecule has 1 aliphatic rings. The van der Waals surface area contributed by atoms with E-state index in [4.69, 9.17) is 17.3 Å². The molecule has 0 saturated carbocycles. The van der Waals surface area contributed by atoms with E-state index in [0.717, 1.165) is 0 Å². The largest absolute Gasteiger partial charge is 0.338 e. The lowest BCUT2D eigenvalue weighted by Crippen LogP contribution is -2.51. The van der Waals surface area contributed by atoms with Crippen LogP contribution in [0.1, 0.15) is 10.4 Å². The first-order valence-electron chi connectivity index (χ1n) is 6.14. The molecule has 2 rings (SSSR count). The molecule has 1 heterocycles. The second-order valence-corrected chi connectivity index (χ2v) is 4.82. The van der Waals surface area contributed by atoms with Crippen LogP contribution in [0.25, 0.3) is 0 Å². The van der Waals surface area contributed by atoms with Crippen LogP contribution in [0, 0.1) is 0 Å². The maximum absolute atomic E-state index is 12.2. The molecule has 0 spiro atoms. The van der Waals surface area contributed by atoms with Crippen LogP contribution in [0.3, 0.4) is 0 Å². The van der Waals surface area contributed by atoms with Crippen LogP contribution in [0.15, 0.2) is 24.3 Å². The van der Waals surface area contributed by atoms with Gasteiger partial charge in [-0.3, -0.25) is 9.59 Å². The average molecular weight is 282 g/mol. The lowest BCUT2D eigenvalue weighted by Gasteiger charge is -2.34. The van der Waals surface area contributed by atoms with E-state index in [1.807, 2.05) is 0 Å². The van der Waals surface area contributed by atoms with Crippen LogP contribution in [0.2, 0.25) is 5.02 Å². The Bertz CT molecular complexity index is 485. The van der Waals surface area contributed by atoms with Gasteiger partial charge in [-0.25, -0.2) is 0 Å². The number of halogens is 1. The molecule has 0 unspecified atom stereocenters. The quantitative estimate of drug-likeness (QED) is 0.862. The Labute approximate surface area is 116 Å². The van der Waals surface area contributed by atoms with Crippen LogP contribution >= 0.6 is 11.6 Å². The van der Waals surface area contributed by atoms with E-state index < -0.39 is 0 Å². The number of rotatable bonds is 2. The Hall–Kier alpha value is -1.59. The van der Waals surface area contributed by atoms with Crippen molar-refractivity contribution in [2.75, 3.05) is 32.7 Å².